The average molecular weight is 268 g/mol. The first-order valence-electron chi connectivity index (χ1n) is 6.40. The molecule has 0 radical (unpaired) electrons. The first kappa shape index (κ1) is 13.6. The number of hydrogen-bond donors (Lipinski definition) is 2. The number of ether oxygens (including phenoxy) is 1. The van der Waals surface area contributed by atoms with Crippen LogP contribution in [0.2, 0.25) is 0 Å². The summed E-state index contributed by atoms with van der Waals surface area (Å²) in [5.74, 6) is 3.73. The molecule has 1 aromatic carbocycles. The van der Waals surface area contributed by atoms with Gasteiger partial charge in [-0.15, -0.1) is 0 Å². The number of thioether (sulfide) groups is 1. The van der Waals surface area contributed by atoms with Crippen LogP contribution >= 0.6 is 11.8 Å². The van der Waals surface area contributed by atoms with Crippen molar-refractivity contribution in [2.24, 2.45) is 11.8 Å². The van der Waals surface area contributed by atoms with Gasteiger partial charge in [-0.25, -0.2) is 0 Å². The molecule has 2 N–H and O–H groups in total. The molecule has 0 aliphatic carbocycles. The number of aromatic hydroxyl groups is 1. The fourth-order valence-electron chi connectivity index (χ4n) is 2.30. The molecular formula is C14H20O3S. The second-order valence-corrected chi connectivity index (χ2v) is 5.90. The Bertz CT molecular complexity index is 364. The molecule has 1 aliphatic heterocycles. The van der Waals surface area contributed by atoms with E-state index in [2.05, 4.69) is 0 Å². The number of benzene rings is 1. The summed E-state index contributed by atoms with van der Waals surface area (Å²) in [7, 11) is 0. The van der Waals surface area contributed by atoms with Crippen molar-refractivity contribution in [3.05, 3.63) is 24.3 Å². The molecule has 100 valence electrons. The molecule has 0 saturated carbocycles. The van der Waals surface area contributed by atoms with Crippen LogP contribution in [0.3, 0.4) is 0 Å². The van der Waals surface area contributed by atoms with E-state index in [-0.39, 0.29) is 18.3 Å². The minimum absolute atomic E-state index is 0.156. The van der Waals surface area contributed by atoms with Gasteiger partial charge in [-0.3, -0.25) is 0 Å². The molecule has 2 rings (SSSR count). The fraction of sp³-hybridized carbons (Fsp3) is 0.571. The van der Waals surface area contributed by atoms with Gasteiger partial charge in [-0.05, 0) is 42.4 Å². The number of phenolic OH excluding ortho intramolecular Hbond substituents is 1. The van der Waals surface area contributed by atoms with Crippen LogP contribution in [0.4, 0.5) is 0 Å². The van der Waals surface area contributed by atoms with Gasteiger partial charge in [0, 0.05) is 12.5 Å². The topological polar surface area (TPSA) is 49.7 Å². The van der Waals surface area contributed by atoms with E-state index >= 15 is 0 Å². The first-order chi connectivity index (χ1) is 8.81. The Hall–Kier alpha value is -0.870. The second-order valence-electron chi connectivity index (χ2n) is 4.67. The average Bonchev–Trinajstić information content (AvgIpc) is 2.42. The summed E-state index contributed by atoms with van der Waals surface area (Å²) in [5, 5.41) is 19.1. The van der Waals surface area contributed by atoms with Crippen LogP contribution < -0.4 is 4.74 Å². The van der Waals surface area contributed by atoms with Crippen molar-refractivity contribution in [1.82, 2.24) is 0 Å². The van der Waals surface area contributed by atoms with Crippen molar-refractivity contribution in [3.63, 3.8) is 0 Å². The maximum atomic E-state index is 9.62. The Labute approximate surface area is 112 Å². The molecule has 0 aromatic heterocycles. The minimum atomic E-state index is 0.156. The van der Waals surface area contributed by atoms with Gasteiger partial charge >= 0.3 is 0 Å². The Morgan fingerprint density at radius 2 is 2.00 bits per heavy atom. The highest BCUT2D eigenvalue weighted by atomic mass is 32.2. The molecular weight excluding hydrogens is 248 g/mol. The SMILES string of the molecule is OCC(COc1ccccc1O)C1CCSCC1. The lowest BCUT2D eigenvalue weighted by Crippen LogP contribution is -2.28. The maximum absolute atomic E-state index is 9.62. The van der Waals surface area contributed by atoms with E-state index in [1.807, 2.05) is 17.8 Å². The summed E-state index contributed by atoms with van der Waals surface area (Å²) in [6.45, 7) is 0.631. The lowest BCUT2D eigenvalue weighted by atomic mass is 9.88. The van der Waals surface area contributed by atoms with Gasteiger partial charge in [0.15, 0.2) is 11.5 Å². The summed E-state index contributed by atoms with van der Waals surface area (Å²) < 4.78 is 5.63. The Balaban J connectivity index is 1.88. The van der Waals surface area contributed by atoms with Gasteiger partial charge in [-0.2, -0.15) is 11.8 Å². The lowest BCUT2D eigenvalue weighted by molar-refractivity contribution is 0.111. The number of aliphatic hydroxyl groups is 1. The van der Waals surface area contributed by atoms with Crippen molar-refractivity contribution in [2.45, 2.75) is 12.8 Å². The predicted molar refractivity (Wildman–Crippen MR) is 74.2 cm³/mol. The van der Waals surface area contributed by atoms with Crippen molar-refractivity contribution >= 4 is 11.8 Å². The largest absolute Gasteiger partial charge is 0.504 e. The first-order valence-corrected chi connectivity index (χ1v) is 7.56. The molecule has 1 atom stereocenters. The third kappa shape index (κ3) is 3.56. The second kappa shape index (κ2) is 6.90. The molecule has 1 heterocycles. The molecule has 1 unspecified atom stereocenters. The molecule has 0 bridgehead atoms. The summed E-state index contributed by atoms with van der Waals surface area (Å²) in [4.78, 5) is 0. The summed E-state index contributed by atoms with van der Waals surface area (Å²) in [6.07, 6.45) is 2.31. The molecule has 1 aliphatic rings. The molecule has 1 saturated heterocycles. The van der Waals surface area contributed by atoms with Gasteiger partial charge in [0.2, 0.25) is 0 Å². The zero-order valence-corrected chi connectivity index (χ0v) is 11.2. The van der Waals surface area contributed by atoms with Crippen molar-refractivity contribution in [3.8, 4) is 11.5 Å². The van der Waals surface area contributed by atoms with Gasteiger partial charge in [-0.1, -0.05) is 12.1 Å². The van der Waals surface area contributed by atoms with E-state index in [0.29, 0.717) is 18.3 Å². The van der Waals surface area contributed by atoms with Crippen LogP contribution in [-0.4, -0.2) is 34.9 Å². The summed E-state index contributed by atoms with van der Waals surface area (Å²) in [5.41, 5.74) is 0. The van der Waals surface area contributed by atoms with Crippen LogP contribution in [0, 0.1) is 11.8 Å². The number of phenols is 1. The third-order valence-corrected chi connectivity index (χ3v) is 4.53. The summed E-state index contributed by atoms with van der Waals surface area (Å²) in [6, 6.07) is 6.96. The van der Waals surface area contributed by atoms with Crippen molar-refractivity contribution < 1.29 is 14.9 Å². The predicted octanol–water partition coefficient (Wildman–Crippen LogP) is 2.52. The quantitative estimate of drug-likeness (QED) is 0.861. The minimum Gasteiger partial charge on any atom is -0.504 e. The van der Waals surface area contributed by atoms with Gasteiger partial charge in [0.1, 0.15) is 0 Å². The molecule has 1 aromatic rings. The van der Waals surface area contributed by atoms with E-state index in [1.165, 1.54) is 11.5 Å². The van der Waals surface area contributed by atoms with Gasteiger partial charge in [0.05, 0.1) is 6.61 Å². The van der Waals surface area contributed by atoms with Gasteiger partial charge < -0.3 is 14.9 Å². The molecule has 0 amide bonds. The fourth-order valence-corrected chi connectivity index (χ4v) is 3.44. The summed E-state index contributed by atoms with van der Waals surface area (Å²) >= 11 is 1.98. The molecule has 3 nitrogen and oxygen atoms in total. The van der Waals surface area contributed by atoms with E-state index < -0.39 is 0 Å². The van der Waals surface area contributed by atoms with Gasteiger partial charge in [0.25, 0.3) is 0 Å². The highest BCUT2D eigenvalue weighted by Gasteiger charge is 2.24. The molecule has 1 fully saturated rings. The standard InChI is InChI=1S/C14H20O3S/c15-9-12(11-5-7-18-8-6-11)10-17-14-4-2-1-3-13(14)16/h1-4,11-12,15-16H,5-10H2. The van der Waals surface area contributed by atoms with Crippen LogP contribution in [0.1, 0.15) is 12.8 Å². The number of rotatable bonds is 5. The number of hydrogen-bond acceptors (Lipinski definition) is 4. The molecule has 4 heteroatoms. The highest BCUT2D eigenvalue weighted by molar-refractivity contribution is 7.99. The molecule has 0 spiro atoms. The zero-order valence-electron chi connectivity index (χ0n) is 10.4. The number of para-hydroxylation sites is 2. The van der Waals surface area contributed by atoms with Crippen LogP contribution in [0.5, 0.6) is 11.5 Å². The maximum Gasteiger partial charge on any atom is 0.160 e. The van der Waals surface area contributed by atoms with Crippen molar-refractivity contribution in [2.75, 3.05) is 24.7 Å². The van der Waals surface area contributed by atoms with Crippen molar-refractivity contribution in [1.29, 1.82) is 0 Å². The van der Waals surface area contributed by atoms with E-state index in [9.17, 15) is 10.2 Å². The van der Waals surface area contributed by atoms with Crippen LogP contribution in [0.15, 0.2) is 24.3 Å². The highest BCUT2D eigenvalue weighted by Crippen LogP contribution is 2.30. The third-order valence-electron chi connectivity index (χ3n) is 3.49. The molecule has 18 heavy (non-hydrogen) atoms. The van der Waals surface area contributed by atoms with E-state index in [0.717, 1.165) is 12.8 Å². The van der Waals surface area contributed by atoms with E-state index in [1.54, 1.807) is 18.2 Å². The normalized spacial score (nSPS) is 18.5. The zero-order chi connectivity index (χ0) is 12.8. The van der Waals surface area contributed by atoms with Crippen LogP contribution in [0.25, 0.3) is 0 Å². The Morgan fingerprint density at radius 1 is 1.28 bits per heavy atom. The van der Waals surface area contributed by atoms with Crippen LogP contribution in [-0.2, 0) is 0 Å². The lowest BCUT2D eigenvalue weighted by Gasteiger charge is -2.28. The Morgan fingerprint density at radius 3 is 2.67 bits per heavy atom. The Kier molecular flexibility index (Phi) is 5.20. The van der Waals surface area contributed by atoms with E-state index in [4.69, 9.17) is 4.74 Å². The smallest absolute Gasteiger partial charge is 0.160 e. The monoisotopic (exact) mass is 268 g/mol. The number of aliphatic hydroxyl groups excluding tert-OH is 1.